The Morgan fingerprint density at radius 1 is 1.22 bits per heavy atom. The Morgan fingerprint density at radius 2 is 1.96 bits per heavy atom. The predicted octanol–water partition coefficient (Wildman–Crippen LogP) is 1.49. The van der Waals surface area contributed by atoms with E-state index in [0.29, 0.717) is 18.9 Å². The summed E-state index contributed by atoms with van der Waals surface area (Å²) >= 11 is 0. The Hall–Kier alpha value is -2.19. The van der Waals surface area contributed by atoms with Gasteiger partial charge in [-0.15, -0.1) is 0 Å². The SMILES string of the molecule is Cn1cnc(S(=O)(=O)N2C[C@H](NC(=O)CC3CC3)[C@@H](c3ccccc3)C2)c1. The lowest BCUT2D eigenvalue weighted by Gasteiger charge is -2.20. The molecule has 1 aromatic heterocycles. The van der Waals surface area contributed by atoms with Crippen LogP contribution in [0.15, 0.2) is 47.9 Å². The number of sulfonamides is 1. The second-order valence-corrected chi connectivity index (χ2v) is 9.42. The topological polar surface area (TPSA) is 84.3 Å². The van der Waals surface area contributed by atoms with Crippen molar-refractivity contribution in [3.05, 3.63) is 48.4 Å². The van der Waals surface area contributed by atoms with Gasteiger partial charge in [0.05, 0.1) is 12.4 Å². The van der Waals surface area contributed by atoms with E-state index < -0.39 is 10.0 Å². The Morgan fingerprint density at radius 3 is 2.59 bits per heavy atom. The summed E-state index contributed by atoms with van der Waals surface area (Å²) in [5.74, 6) is 0.434. The lowest BCUT2D eigenvalue weighted by atomic mass is 9.94. The predicted molar refractivity (Wildman–Crippen MR) is 100 cm³/mol. The molecule has 27 heavy (non-hydrogen) atoms. The third kappa shape index (κ3) is 3.91. The van der Waals surface area contributed by atoms with Gasteiger partial charge in [0.15, 0.2) is 5.03 Å². The average molecular weight is 388 g/mol. The maximum Gasteiger partial charge on any atom is 0.262 e. The first-order chi connectivity index (χ1) is 12.9. The highest BCUT2D eigenvalue weighted by Gasteiger charge is 2.41. The van der Waals surface area contributed by atoms with Gasteiger partial charge < -0.3 is 9.88 Å². The van der Waals surface area contributed by atoms with E-state index >= 15 is 0 Å². The second-order valence-electron chi connectivity index (χ2n) is 7.54. The van der Waals surface area contributed by atoms with E-state index in [2.05, 4.69) is 10.3 Å². The molecule has 1 aliphatic carbocycles. The van der Waals surface area contributed by atoms with Crippen molar-refractivity contribution >= 4 is 15.9 Å². The molecule has 1 saturated heterocycles. The molecule has 2 heterocycles. The van der Waals surface area contributed by atoms with Crippen molar-refractivity contribution in [2.75, 3.05) is 13.1 Å². The van der Waals surface area contributed by atoms with E-state index in [-0.39, 0.29) is 29.4 Å². The van der Waals surface area contributed by atoms with Gasteiger partial charge in [-0.1, -0.05) is 30.3 Å². The molecule has 0 radical (unpaired) electrons. The molecule has 4 rings (SSSR count). The minimum absolute atomic E-state index is 0.0144. The van der Waals surface area contributed by atoms with Crippen LogP contribution in [0.25, 0.3) is 0 Å². The number of imidazole rings is 1. The van der Waals surface area contributed by atoms with Crippen LogP contribution in [-0.2, 0) is 21.9 Å². The normalized spacial score (nSPS) is 23.4. The highest BCUT2D eigenvalue weighted by atomic mass is 32.2. The van der Waals surface area contributed by atoms with Crippen LogP contribution >= 0.6 is 0 Å². The van der Waals surface area contributed by atoms with E-state index in [1.54, 1.807) is 11.6 Å². The van der Waals surface area contributed by atoms with Gasteiger partial charge in [-0.3, -0.25) is 4.79 Å². The number of rotatable bonds is 6. The first-order valence-electron chi connectivity index (χ1n) is 9.26. The average Bonchev–Trinajstić information content (AvgIpc) is 3.16. The van der Waals surface area contributed by atoms with Gasteiger partial charge in [-0.2, -0.15) is 4.31 Å². The minimum atomic E-state index is -3.69. The molecule has 0 unspecified atom stereocenters. The van der Waals surface area contributed by atoms with Gasteiger partial charge in [-0.05, 0) is 24.3 Å². The zero-order valence-corrected chi connectivity index (χ0v) is 16.1. The third-order valence-electron chi connectivity index (χ3n) is 5.32. The quantitative estimate of drug-likeness (QED) is 0.813. The van der Waals surface area contributed by atoms with Crippen molar-refractivity contribution in [1.29, 1.82) is 0 Å². The zero-order chi connectivity index (χ0) is 19.0. The summed E-state index contributed by atoms with van der Waals surface area (Å²) < 4.78 is 29.0. The Balaban J connectivity index is 1.57. The van der Waals surface area contributed by atoms with Gasteiger partial charge in [0.1, 0.15) is 0 Å². The Bertz CT molecular complexity index is 921. The maximum atomic E-state index is 13.0. The van der Waals surface area contributed by atoms with Crippen molar-refractivity contribution in [3.63, 3.8) is 0 Å². The van der Waals surface area contributed by atoms with Crippen LogP contribution in [0.5, 0.6) is 0 Å². The maximum absolute atomic E-state index is 13.0. The molecule has 1 aliphatic heterocycles. The Labute approximate surface area is 159 Å². The number of carbonyl (C=O) groups is 1. The number of hydrogen-bond acceptors (Lipinski definition) is 4. The van der Waals surface area contributed by atoms with Crippen molar-refractivity contribution in [2.24, 2.45) is 13.0 Å². The molecule has 144 valence electrons. The fourth-order valence-corrected chi connectivity index (χ4v) is 5.11. The van der Waals surface area contributed by atoms with Gasteiger partial charge in [0.2, 0.25) is 5.91 Å². The number of nitrogens with one attached hydrogen (secondary N) is 1. The van der Waals surface area contributed by atoms with Crippen LogP contribution in [0.1, 0.15) is 30.7 Å². The van der Waals surface area contributed by atoms with E-state index in [1.165, 1.54) is 16.8 Å². The standard InChI is InChI=1S/C19H24N4O3S/c1-22-12-19(20-13-22)27(25,26)23-10-16(15-5-3-2-4-6-15)17(11-23)21-18(24)9-14-7-8-14/h2-6,12-14,16-17H,7-11H2,1H3,(H,21,24)/t16-,17+/m1/s1. The largest absolute Gasteiger partial charge is 0.351 e. The first-order valence-corrected chi connectivity index (χ1v) is 10.7. The van der Waals surface area contributed by atoms with Gasteiger partial charge in [0, 0.05) is 38.7 Å². The number of amides is 1. The van der Waals surface area contributed by atoms with Crippen molar-refractivity contribution in [3.8, 4) is 0 Å². The van der Waals surface area contributed by atoms with Crippen LogP contribution in [0, 0.1) is 5.92 Å². The van der Waals surface area contributed by atoms with E-state index in [9.17, 15) is 13.2 Å². The summed E-state index contributed by atoms with van der Waals surface area (Å²) in [6, 6.07) is 9.55. The molecule has 1 saturated carbocycles. The molecule has 8 heteroatoms. The fraction of sp³-hybridized carbons (Fsp3) is 0.474. The highest BCUT2D eigenvalue weighted by Crippen LogP contribution is 2.34. The van der Waals surface area contributed by atoms with Crippen LogP contribution in [0.2, 0.25) is 0 Å². The smallest absolute Gasteiger partial charge is 0.262 e. The monoisotopic (exact) mass is 388 g/mol. The molecule has 2 fully saturated rings. The molecule has 7 nitrogen and oxygen atoms in total. The number of aromatic nitrogens is 2. The summed E-state index contributed by atoms with van der Waals surface area (Å²) in [5.41, 5.74) is 1.04. The minimum Gasteiger partial charge on any atom is -0.351 e. The highest BCUT2D eigenvalue weighted by molar-refractivity contribution is 7.89. The van der Waals surface area contributed by atoms with E-state index in [0.717, 1.165) is 18.4 Å². The van der Waals surface area contributed by atoms with Gasteiger partial charge in [0.25, 0.3) is 10.0 Å². The summed E-state index contributed by atoms with van der Waals surface area (Å²) in [6.07, 6.45) is 5.74. The van der Waals surface area contributed by atoms with Crippen LogP contribution in [0.4, 0.5) is 0 Å². The molecular weight excluding hydrogens is 364 g/mol. The molecule has 1 aromatic carbocycles. The molecular formula is C19H24N4O3S. The van der Waals surface area contributed by atoms with Crippen LogP contribution in [-0.4, -0.2) is 47.3 Å². The van der Waals surface area contributed by atoms with Crippen LogP contribution < -0.4 is 5.32 Å². The van der Waals surface area contributed by atoms with E-state index in [4.69, 9.17) is 0 Å². The summed E-state index contributed by atoms with van der Waals surface area (Å²) in [5, 5.41) is 3.13. The number of aryl methyl sites for hydroxylation is 1. The molecule has 0 spiro atoms. The Kier molecular flexibility index (Phi) is 4.77. The van der Waals surface area contributed by atoms with Crippen molar-refractivity contribution < 1.29 is 13.2 Å². The summed E-state index contributed by atoms with van der Waals surface area (Å²) in [4.78, 5) is 16.4. The lowest BCUT2D eigenvalue weighted by molar-refractivity contribution is -0.122. The van der Waals surface area contributed by atoms with Crippen LogP contribution in [0.3, 0.4) is 0 Å². The molecule has 2 aliphatic rings. The molecule has 2 aromatic rings. The van der Waals surface area contributed by atoms with Crippen molar-refractivity contribution in [1.82, 2.24) is 19.2 Å². The molecule has 1 amide bonds. The van der Waals surface area contributed by atoms with Crippen molar-refractivity contribution in [2.45, 2.75) is 36.2 Å². The number of carbonyl (C=O) groups excluding carboxylic acids is 1. The fourth-order valence-electron chi connectivity index (χ4n) is 3.65. The third-order valence-corrected chi connectivity index (χ3v) is 7.03. The molecule has 1 N–H and O–H groups in total. The number of benzene rings is 1. The summed E-state index contributed by atoms with van der Waals surface area (Å²) in [7, 11) is -1.95. The lowest BCUT2D eigenvalue weighted by Crippen LogP contribution is -2.40. The molecule has 0 bridgehead atoms. The van der Waals surface area contributed by atoms with Gasteiger partial charge >= 0.3 is 0 Å². The van der Waals surface area contributed by atoms with Gasteiger partial charge in [-0.25, -0.2) is 13.4 Å². The second kappa shape index (κ2) is 7.09. The number of hydrogen-bond donors (Lipinski definition) is 1. The zero-order valence-electron chi connectivity index (χ0n) is 15.3. The summed E-state index contributed by atoms with van der Waals surface area (Å²) in [6.45, 7) is 0.589. The van der Waals surface area contributed by atoms with E-state index in [1.807, 2.05) is 30.3 Å². The molecule has 2 atom stereocenters. The first kappa shape index (κ1) is 18.2. The number of nitrogens with zero attached hydrogens (tertiary/aromatic N) is 3.